The summed E-state index contributed by atoms with van der Waals surface area (Å²) in [6.45, 7) is 2.40. The van der Waals surface area contributed by atoms with E-state index in [4.69, 9.17) is 4.74 Å². The van der Waals surface area contributed by atoms with Crippen molar-refractivity contribution in [3.05, 3.63) is 54.1 Å². The number of ether oxygens (including phenoxy) is 1. The standard InChI is InChI=1S/C19H21N3O4S/c1-14-5-2-7-16(11-14)26-13-19(23)21-15-6-3-8-17(12-15)27(24,25)22-18-9-4-10-20-18/h2-3,5-8,11-12H,4,9-10,13H2,1H3,(H,20,22)(H,21,23). The van der Waals surface area contributed by atoms with Crippen LogP contribution >= 0.6 is 0 Å². The van der Waals surface area contributed by atoms with E-state index in [1.165, 1.54) is 12.1 Å². The lowest BCUT2D eigenvalue weighted by Gasteiger charge is -2.11. The molecule has 0 radical (unpaired) electrons. The van der Waals surface area contributed by atoms with Crippen LogP contribution in [0, 0.1) is 6.92 Å². The lowest BCUT2D eigenvalue weighted by Crippen LogP contribution is -2.29. The highest BCUT2D eigenvalue weighted by atomic mass is 32.2. The van der Waals surface area contributed by atoms with Gasteiger partial charge < -0.3 is 10.1 Å². The van der Waals surface area contributed by atoms with Gasteiger partial charge in [0, 0.05) is 18.7 Å². The van der Waals surface area contributed by atoms with Gasteiger partial charge in [0.25, 0.3) is 15.9 Å². The summed E-state index contributed by atoms with van der Waals surface area (Å²) in [4.78, 5) is 16.3. The molecular weight excluding hydrogens is 366 g/mol. The summed E-state index contributed by atoms with van der Waals surface area (Å²) < 4.78 is 32.8. The Morgan fingerprint density at radius 3 is 2.74 bits per heavy atom. The molecule has 7 nitrogen and oxygen atoms in total. The maximum absolute atomic E-state index is 12.4. The molecule has 1 aliphatic heterocycles. The van der Waals surface area contributed by atoms with Crippen LogP contribution in [0.5, 0.6) is 5.75 Å². The molecule has 27 heavy (non-hydrogen) atoms. The number of carbonyl (C=O) groups is 1. The monoisotopic (exact) mass is 387 g/mol. The number of sulfonamides is 1. The molecule has 0 aromatic heterocycles. The Labute approximate surface area is 158 Å². The summed E-state index contributed by atoms with van der Waals surface area (Å²) in [7, 11) is -3.73. The molecule has 0 bridgehead atoms. The molecule has 0 saturated carbocycles. The van der Waals surface area contributed by atoms with Gasteiger partial charge in [-0.05, 0) is 49.2 Å². The van der Waals surface area contributed by atoms with E-state index < -0.39 is 10.0 Å². The van der Waals surface area contributed by atoms with Crippen molar-refractivity contribution in [3.8, 4) is 5.75 Å². The molecule has 0 aliphatic carbocycles. The molecule has 0 atom stereocenters. The number of amides is 1. The maximum atomic E-state index is 12.4. The Morgan fingerprint density at radius 1 is 1.19 bits per heavy atom. The molecule has 142 valence electrons. The molecule has 2 N–H and O–H groups in total. The third-order valence-electron chi connectivity index (χ3n) is 3.91. The lowest BCUT2D eigenvalue weighted by atomic mass is 10.2. The van der Waals surface area contributed by atoms with Gasteiger partial charge in [-0.15, -0.1) is 0 Å². The molecule has 1 heterocycles. The molecule has 3 rings (SSSR count). The van der Waals surface area contributed by atoms with Crippen molar-refractivity contribution < 1.29 is 17.9 Å². The van der Waals surface area contributed by atoms with Crippen LogP contribution in [0.4, 0.5) is 5.69 Å². The fourth-order valence-corrected chi connectivity index (χ4v) is 3.76. The van der Waals surface area contributed by atoms with Gasteiger partial charge in [0.1, 0.15) is 11.6 Å². The highest BCUT2D eigenvalue weighted by Gasteiger charge is 2.18. The quantitative estimate of drug-likeness (QED) is 0.796. The summed E-state index contributed by atoms with van der Waals surface area (Å²) in [6.07, 6.45) is 1.46. The van der Waals surface area contributed by atoms with Crippen LogP contribution in [-0.2, 0) is 14.8 Å². The Kier molecular flexibility index (Phi) is 5.75. The predicted molar refractivity (Wildman–Crippen MR) is 104 cm³/mol. The fraction of sp³-hybridized carbons (Fsp3) is 0.263. The second kappa shape index (κ2) is 8.22. The fourth-order valence-electron chi connectivity index (χ4n) is 2.63. The molecular formula is C19H21N3O4S. The second-order valence-electron chi connectivity index (χ2n) is 6.22. The van der Waals surface area contributed by atoms with E-state index in [9.17, 15) is 13.2 Å². The van der Waals surface area contributed by atoms with E-state index in [1.807, 2.05) is 25.1 Å². The molecule has 2 aromatic carbocycles. The number of nitrogens with one attached hydrogen (secondary N) is 2. The molecule has 0 unspecified atom stereocenters. The predicted octanol–water partition coefficient (Wildman–Crippen LogP) is 2.48. The third kappa shape index (κ3) is 5.30. The molecule has 0 saturated heterocycles. The van der Waals surface area contributed by atoms with Crippen molar-refractivity contribution in [1.82, 2.24) is 4.72 Å². The van der Waals surface area contributed by atoms with Gasteiger partial charge in [0.15, 0.2) is 6.61 Å². The average molecular weight is 387 g/mol. The smallest absolute Gasteiger partial charge is 0.262 e. The van der Waals surface area contributed by atoms with Crippen LogP contribution in [0.1, 0.15) is 18.4 Å². The van der Waals surface area contributed by atoms with Gasteiger partial charge >= 0.3 is 0 Å². The van der Waals surface area contributed by atoms with Crippen molar-refractivity contribution >= 4 is 27.5 Å². The van der Waals surface area contributed by atoms with Crippen LogP contribution in [0.3, 0.4) is 0 Å². The number of amidine groups is 1. The van der Waals surface area contributed by atoms with Gasteiger partial charge in [0.2, 0.25) is 0 Å². The normalized spacial score (nSPS) is 13.7. The van der Waals surface area contributed by atoms with E-state index in [-0.39, 0.29) is 17.4 Å². The van der Waals surface area contributed by atoms with Crippen molar-refractivity contribution in [3.63, 3.8) is 0 Å². The molecule has 2 aromatic rings. The zero-order valence-corrected chi connectivity index (χ0v) is 15.8. The third-order valence-corrected chi connectivity index (χ3v) is 5.29. The van der Waals surface area contributed by atoms with E-state index in [1.54, 1.807) is 18.2 Å². The minimum atomic E-state index is -3.73. The van der Waals surface area contributed by atoms with Crippen LogP contribution in [0.15, 0.2) is 58.4 Å². The molecule has 0 fully saturated rings. The number of nitrogens with zero attached hydrogens (tertiary/aromatic N) is 1. The zero-order valence-electron chi connectivity index (χ0n) is 14.9. The molecule has 1 amide bonds. The van der Waals surface area contributed by atoms with Gasteiger partial charge in [-0.2, -0.15) is 0 Å². The SMILES string of the molecule is Cc1cccc(OCC(=O)Nc2cccc(S(=O)(=O)NC3=NCCC3)c2)c1. The molecule has 0 spiro atoms. The van der Waals surface area contributed by atoms with E-state index >= 15 is 0 Å². The topological polar surface area (TPSA) is 96.9 Å². The van der Waals surface area contributed by atoms with Gasteiger partial charge in [-0.3, -0.25) is 14.5 Å². The minimum Gasteiger partial charge on any atom is -0.484 e. The van der Waals surface area contributed by atoms with Crippen molar-refractivity contribution in [1.29, 1.82) is 0 Å². The van der Waals surface area contributed by atoms with E-state index in [2.05, 4.69) is 15.0 Å². The summed E-state index contributed by atoms with van der Waals surface area (Å²) >= 11 is 0. The van der Waals surface area contributed by atoms with Crippen LogP contribution < -0.4 is 14.8 Å². The number of benzene rings is 2. The maximum Gasteiger partial charge on any atom is 0.262 e. The number of aryl methyl sites for hydroxylation is 1. The highest BCUT2D eigenvalue weighted by Crippen LogP contribution is 2.17. The lowest BCUT2D eigenvalue weighted by molar-refractivity contribution is -0.118. The molecule has 8 heteroatoms. The number of hydrogen-bond acceptors (Lipinski definition) is 5. The van der Waals surface area contributed by atoms with E-state index in [0.29, 0.717) is 30.2 Å². The first-order valence-electron chi connectivity index (χ1n) is 8.58. The number of carbonyl (C=O) groups excluding carboxylic acids is 1. The van der Waals surface area contributed by atoms with Crippen LogP contribution in [-0.4, -0.2) is 33.3 Å². The van der Waals surface area contributed by atoms with Gasteiger partial charge in [-0.1, -0.05) is 18.2 Å². The Bertz CT molecular complexity index is 970. The Morgan fingerprint density at radius 2 is 2.00 bits per heavy atom. The highest BCUT2D eigenvalue weighted by molar-refractivity contribution is 7.90. The van der Waals surface area contributed by atoms with Crippen molar-refractivity contribution in [2.45, 2.75) is 24.7 Å². The zero-order chi connectivity index (χ0) is 19.3. The first-order chi connectivity index (χ1) is 12.9. The number of anilines is 1. The average Bonchev–Trinajstić information content (AvgIpc) is 3.13. The summed E-state index contributed by atoms with van der Waals surface area (Å²) in [5, 5.41) is 2.65. The van der Waals surface area contributed by atoms with Gasteiger partial charge in [-0.25, -0.2) is 8.42 Å². The summed E-state index contributed by atoms with van der Waals surface area (Å²) in [5.41, 5.74) is 1.41. The Hall–Kier alpha value is -2.87. The van der Waals surface area contributed by atoms with E-state index in [0.717, 1.165) is 12.0 Å². The second-order valence-corrected chi connectivity index (χ2v) is 7.90. The number of rotatable bonds is 6. The van der Waals surface area contributed by atoms with Crippen LogP contribution in [0.25, 0.3) is 0 Å². The van der Waals surface area contributed by atoms with Crippen molar-refractivity contribution in [2.24, 2.45) is 4.99 Å². The first-order valence-corrected chi connectivity index (χ1v) is 10.1. The summed E-state index contributed by atoms with van der Waals surface area (Å²) in [6, 6.07) is 13.4. The van der Waals surface area contributed by atoms with Crippen molar-refractivity contribution in [2.75, 3.05) is 18.5 Å². The Balaban J connectivity index is 1.62. The number of hydrogen-bond donors (Lipinski definition) is 2. The molecule has 1 aliphatic rings. The largest absolute Gasteiger partial charge is 0.484 e. The minimum absolute atomic E-state index is 0.0644. The summed E-state index contributed by atoms with van der Waals surface area (Å²) in [5.74, 6) is 0.693. The number of aliphatic imine (C=N–C) groups is 1. The van der Waals surface area contributed by atoms with Gasteiger partial charge in [0.05, 0.1) is 4.90 Å². The first kappa shape index (κ1) is 18.9. The van der Waals surface area contributed by atoms with Crippen LogP contribution in [0.2, 0.25) is 0 Å².